The lowest BCUT2D eigenvalue weighted by Crippen LogP contribution is -2.21. The Labute approximate surface area is 183 Å². The molecular weight excluding hydrogens is 418 g/mol. The van der Waals surface area contributed by atoms with Crippen LogP contribution in [-0.2, 0) is 4.79 Å². The number of nitro benzene ring substituents is 1. The van der Waals surface area contributed by atoms with E-state index in [1.165, 1.54) is 43.5 Å². The molecule has 2 aromatic rings. The lowest BCUT2D eigenvalue weighted by Gasteiger charge is -2.14. The fraction of sp³-hybridized carbons (Fsp3) is 0.227. The van der Waals surface area contributed by atoms with Crippen molar-refractivity contribution >= 4 is 35.0 Å². The summed E-state index contributed by atoms with van der Waals surface area (Å²) in [6.45, 7) is 5.10. The summed E-state index contributed by atoms with van der Waals surface area (Å²) in [4.78, 5) is 35.3. The number of carbonyl (C=O) groups is 2. The van der Waals surface area contributed by atoms with Crippen molar-refractivity contribution < 1.29 is 29.1 Å². The Morgan fingerprint density at radius 3 is 2.59 bits per heavy atom. The van der Waals surface area contributed by atoms with E-state index in [2.05, 4.69) is 5.10 Å². The average molecular weight is 439 g/mol. The minimum absolute atomic E-state index is 0.00454. The highest BCUT2D eigenvalue weighted by molar-refractivity contribution is 6.32. The van der Waals surface area contributed by atoms with Gasteiger partial charge >= 0.3 is 11.7 Å². The molecule has 0 saturated heterocycles. The second-order valence-corrected chi connectivity index (χ2v) is 7.21. The molecular formula is C22H21N3O7. The van der Waals surface area contributed by atoms with Gasteiger partial charge < -0.3 is 14.6 Å². The monoisotopic (exact) mass is 439 g/mol. The third-order valence-corrected chi connectivity index (χ3v) is 4.54. The van der Waals surface area contributed by atoms with Crippen LogP contribution in [0.4, 0.5) is 11.4 Å². The summed E-state index contributed by atoms with van der Waals surface area (Å²) < 4.78 is 10.8. The number of carboxylic acids is 1. The van der Waals surface area contributed by atoms with E-state index in [9.17, 15) is 24.8 Å². The smallest absolute Gasteiger partial charge is 0.335 e. The molecule has 0 radical (unpaired) electrons. The highest BCUT2D eigenvalue weighted by atomic mass is 16.6. The maximum atomic E-state index is 13.0. The highest BCUT2D eigenvalue weighted by Gasteiger charge is 2.30. The van der Waals surface area contributed by atoms with Crippen LogP contribution in [0.15, 0.2) is 47.1 Å². The van der Waals surface area contributed by atoms with E-state index in [1.54, 1.807) is 26.8 Å². The van der Waals surface area contributed by atoms with Crippen LogP contribution in [0.25, 0.3) is 6.08 Å². The number of benzene rings is 2. The summed E-state index contributed by atoms with van der Waals surface area (Å²) in [6, 6.07) is 8.65. The van der Waals surface area contributed by atoms with Gasteiger partial charge in [0.05, 0.1) is 40.7 Å². The van der Waals surface area contributed by atoms with Gasteiger partial charge in [-0.25, -0.2) is 4.79 Å². The number of carboxylic acid groups (broad SMARTS) is 1. The van der Waals surface area contributed by atoms with Gasteiger partial charge in [-0.1, -0.05) is 6.07 Å². The van der Waals surface area contributed by atoms with Gasteiger partial charge in [0, 0.05) is 6.07 Å². The normalized spacial score (nSPS) is 14.7. The summed E-state index contributed by atoms with van der Waals surface area (Å²) >= 11 is 0. The molecule has 2 aromatic carbocycles. The number of nitro groups is 1. The van der Waals surface area contributed by atoms with Crippen LogP contribution < -0.4 is 14.5 Å². The molecule has 0 bridgehead atoms. The molecule has 0 saturated carbocycles. The summed E-state index contributed by atoms with van der Waals surface area (Å²) in [5, 5.41) is 26.1. The fourth-order valence-electron chi connectivity index (χ4n) is 3.13. The molecule has 3 rings (SSSR count). The summed E-state index contributed by atoms with van der Waals surface area (Å²) in [6.07, 6.45) is 1.16. The maximum absolute atomic E-state index is 13.0. The van der Waals surface area contributed by atoms with Crippen molar-refractivity contribution in [3.63, 3.8) is 0 Å². The first kappa shape index (κ1) is 22.5. The van der Waals surface area contributed by atoms with Gasteiger partial charge in [-0.3, -0.25) is 14.9 Å². The molecule has 32 heavy (non-hydrogen) atoms. The third kappa shape index (κ3) is 4.43. The Morgan fingerprint density at radius 2 is 2.00 bits per heavy atom. The topological polar surface area (TPSA) is 132 Å². The molecule has 1 aliphatic rings. The van der Waals surface area contributed by atoms with Crippen LogP contribution in [0.2, 0.25) is 0 Å². The highest BCUT2D eigenvalue weighted by Crippen LogP contribution is 2.40. The molecule has 1 N–H and O–H groups in total. The van der Waals surface area contributed by atoms with Gasteiger partial charge in [0.15, 0.2) is 5.75 Å². The Bertz CT molecular complexity index is 1170. The minimum Gasteiger partial charge on any atom is -0.493 e. The Hall–Kier alpha value is -4.21. The Morgan fingerprint density at radius 1 is 1.28 bits per heavy atom. The number of aromatic carboxylic acids is 1. The van der Waals surface area contributed by atoms with Crippen molar-refractivity contribution in [2.75, 3.05) is 12.1 Å². The van der Waals surface area contributed by atoms with Gasteiger partial charge in [0.1, 0.15) is 0 Å². The van der Waals surface area contributed by atoms with Crippen molar-refractivity contribution in [2.45, 2.75) is 26.9 Å². The molecule has 1 aliphatic heterocycles. The van der Waals surface area contributed by atoms with Crippen LogP contribution >= 0.6 is 0 Å². The molecule has 10 heteroatoms. The molecule has 10 nitrogen and oxygen atoms in total. The van der Waals surface area contributed by atoms with E-state index >= 15 is 0 Å². The lowest BCUT2D eigenvalue weighted by molar-refractivity contribution is -0.386. The van der Waals surface area contributed by atoms with Crippen molar-refractivity contribution in [2.24, 2.45) is 5.10 Å². The van der Waals surface area contributed by atoms with E-state index in [4.69, 9.17) is 9.47 Å². The van der Waals surface area contributed by atoms with Crippen LogP contribution in [0.1, 0.15) is 36.7 Å². The SMILES string of the molecule is COc1cc(/C=C2\C(=O)N(c3cccc(C(=O)O)c3)N=C2C)cc([N+](=O)[O-])c1OC(C)C. The van der Waals surface area contributed by atoms with Crippen LogP contribution in [-0.4, -0.2) is 40.8 Å². The molecule has 0 atom stereocenters. The van der Waals surface area contributed by atoms with E-state index < -0.39 is 16.8 Å². The number of anilines is 1. The third-order valence-electron chi connectivity index (χ3n) is 4.54. The molecule has 0 aliphatic carbocycles. The maximum Gasteiger partial charge on any atom is 0.335 e. The number of amides is 1. The first-order chi connectivity index (χ1) is 15.1. The Kier molecular flexibility index (Phi) is 6.24. The van der Waals surface area contributed by atoms with Crippen LogP contribution in [0, 0.1) is 10.1 Å². The molecule has 1 heterocycles. The molecule has 166 valence electrons. The number of carbonyl (C=O) groups excluding carboxylic acids is 1. The van der Waals surface area contributed by atoms with Gasteiger partial charge in [0.25, 0.3) is 5.91 Å². The number of ether oxygens (including phenoxy) is 2. The largest absolute Gasteiger partial charge is 0.493 e. The first-order valence-electron chi connectivity index (χ1n) is 9.60. The van der Waals surface area contributed by atoms with Gasteiger partial charge in [-0.2, -0.15) is 10.1 Å². The second-order valence-electron chi connectivity index (χ2n) is 7.21. The van der Waals surface area contributed by atoms with E-state index in [-0.39, 0.29) is 34.4 Å². The van der Waals surface area contributed by atoms with Crippen molar-refractivity contribution in [3.8, 4) is 11.5 Å². The fourth-order valence-corrected chi connectivity index (χ4v) is 3.13. The van der Waals surface area contributed by atoms with E-state index in [1.807, 2.05) is 0 Å². The van der Waals surface area contributed by atoms with Crippen molar-refractivity contribution in [3.05, 3.63) is 63.2 Å². The van der Waals surface area contributed by atoms with E-state index in [0.717, 1.165) is 5.01 Å². The number of hydrazone groups is 1. The second kappa shape index (κ2) is 8.88. The van der Waals surface area contributed by atoms with Gasteiger partial charge in [0.2, 0.25) is 5.75 Å². The number of rotatable bonds is 7. The summed E-state index contributed by atoms with van der Waals surface area (Å²) in [7, 11) is 1.37. The van der Waals surface area contributed by atoms with E-state index in [0.29, 0.717) is 17.0 Å². The standard InChI is InChI=1S/C22H21N3O7/c1-12(2)32-20-18(25(29)30)9-14(10-19(20)31-4)8-17-13(3)23-24(21(17)26)16-7-5-6-15(11-16)22(27)28/h5-12H,1-4H3,(H,27,28)/b17-8-. The number of nitrogens with zero attached hydrogens (tertiary/aromatic N) is 3. The zero-order chi connectivity index (χ0) is 23.6. The molecule has 0 spiro atoms. The molecule has 1 amide bonds. The summed E-state index contributed by atoms with van der Waals surface area (Å²) in [5.74, 6) is -1.46. The molecule has 0 unspecified atom stereocenters. The lowest BCUT2D eigenvalue weighted by atomic mass is 10.1. The van der Waals surface area contributed by atoms with Crippen LogP contribution in [0.3, 0.4) is 0 Å². The van der Waals surface area contributed by atoms with Crippen molar-refractivity contribution in [1.82, 2.24) is 0 Å². The number of methoxy groups -OCH3 is 1. The quantitative estimate of drug-likeness (QED) is 0.393. The number of hydrogen-bond donors (Lipinski definition) is 1. The first-order valence-corrected chi connectivity index (χ1v) is 9.60. The minimum atomic E-state index is -1.13. The zero-order valence-corrected chi connectivity index (χ0v) is 17.9. The number of hydrogen-bond acceptors (Lipinski definition) is 7. The van der Waals surface area contributed by atoms with Crippen LogP contribution in [0.5, 0.6) is 11.5 Å². The molecule has 0 fully saturated rings. The average Bonchev–Trinajstić information content (AvgIpc) is 3.02. The van der Waals surface area contributed by atoms with Gasteiger partial charge in [-0.05, 0) is 56.7 Å². The zero-order valence-electron chi connectivity index (χ0n) is 17.9. The van der Waals surface area contributed by atoms with Crippen molar-refractivity contribution in [1.29, 1.82) is 0 Å². The predicted molar refractivity (Wildman–Crippen MR) is 117 cm³/mol. The van der Waals surface area contributed by atoms with Gasteiger partial charge in [-0.15, -0.1) is 0 Å². The predicted octanol–water partition coefficient (Wildman–Crippen LogP) is 3.89. The Balaban J connectivity index is 2.03. The molecule has 0 aromatic heterocycles. The summed E-state index contributed by atoms with van der Waals surface area (Å²) in [5.41, 5.74) is 0.947.